The minimum atomic E-state index is -0.503. The molecule has 0 spiro atoms. The molecule has 0 heterocycles. The fraction of sp³-hybridized carbons (Fsp3) is 0.257. The van der Waals surface area contributed by atoms with Gasteiger partial charge in [-0.15, -0.1) is 0 Å². The molecule has 0 bridgehead atoms. The van der Waals surface area contributed by atoms with Crippen molar-refractivity contribution in [2.24, 2.45) is 0 Å². The van der Waals surface area contributed by atoms with Crippen LogP contribution in [-0.4, -0.2) is 21.8 Å². The molecule has 4 nitrogen and oxygen atoms in total. The summed E-state index contributed by atoms with van der Waals surface area (Å²) in [5.74, 6) is 0.0202. The topological polar surface area (TPSA) is 74.6 Å². The van der Waals surface area contributed by atoms with E-state index in [0.717, 1.165) is 11.1 Å². The lowest BCUT2D eigenvalue weighted by Crippen LogP contribution is -2.20. The fourth-order valence-electron chi connectivity index (χ4n) is 4.20. The minimum Gasteiger partial charge on any atom is -0.508 e. The first kappa shape index (κ1) is 31.0. The van der Waals surface area contributed by atoms with Crippen LogP contribution >= 0.6 is 0 Å². The molecule has 0 aliphatic rings. The number of ketones is 2. The van der Waals surface area contributed by atoms with E-state index in [-0.39, 0.29) is 35.9 Å². The highest BCUT2D eigenvalue weighted by molar-refractivity contribution is 5.98. The van der Waals surface area contributed by atoms with Crippen LogP contribution in [0.1, 0.15) is 84.5 Å². The Balaban J connectivity index is 0.00000127. The molecule has 0 saturated heterocycles. The van der Waals surface area contributed by atoms with Crippen molar-refractivity contribution in [3.8, 4) is 11.5 Å². The van der Waals surface area contributed by atoms with Crippen molar-refractivity contribution in [2.45, 2.75) is 59.8 Å². The molecule has 0 aliphatic heterocycles. The van der Waals surface area contributed by atoms with Crippen LogP contribution in [0.4, 0.5) is 0 Å². The van der Waals surface area contributed by atoms with Gasteiger partial charge in [-0.05, 0) is 23.3 Å². The largest absolute Gasteiger partial charge is 0.508 e. The third-order valence-corrected chi connectivity index (χ3v) is 6.50. The zero-order valence-corrected chi connectivity index (χ0v) is 23.9. The van der Waals surface area contributed by atoms with Crippen LogP contribution < -0.4 is 0 Å². The second-order valence-electron chi connectivity index (χ2n) is 9.24. The van der Waals surface area contributed by atoms with Crippen LogP contribution in [0.3, 0.4) is 0 Å². The van der Waals surface area contributed by atoms with Gasteiger partial charge in [0, 0.05) is 40.5 Å². The molecule has 0 unspecified atom stereocenters. The number of phenolic OH excluding ortho intramolecular Hbond substituents is 2. The smallest absolute Gasteiger partial charge is 0.167 e. The number of carbonyl (C=O) groups is 2. The predicted molar refractivity (Wildman–Crippen MR) is 160 cm³/mol. The van der Waals surface area contributed by atoms with E-state index in [2.05, 4.69) is 0 Å². The van der Waals surface area contributed by atoms with Gasteiger partial charge < -0.3 is 10.2 Å². The predicted octanol–water partition coefficient (Wildman–Crippen LogP) is 8.33. The summed E-state index contributed by atoms with van der Waals surface area (Å²) in [4.78, 5) is 25.5. The van der Waals surface area contributed by atoms with Crippen molar-refractivity contribution >= 4 is 11.6 Å². The molecule has 4 rings (SSSR count). The third-order valence-electron chi connectivity index (χ3n) is 6.50. The fourth-order valence-corrected chi connectivity index (χ4v) is 4.20. The van der Waals surface area contributed by atoms with Crippen LogP contribution in [0.2, 0.25) is 0 Å². The van der Waals surface area contributed by atoms with Crippen molar-refractivity contribution in [1.82, 2.24) is 0 Å². The van der Waals surface area contributed by atoms with Crippen LogP contribution in [-0.2, 0) is 18.3 Å². The molecular weight excluding hydrogens is 484 g/mol. The Morgan fingerprint density at radius 3 is 1.23 bits per heavy atom. The number of hydrogen-bond acceptors (Lipinski definition) is 4. The number of rotatable bonds is 8. The summed E-state index contributed by atoms with van der Waals surface area (Å²) in [5, 5.41) is 20.9. The van der Waals surface area contributed by atoms with Crippen LogP contribution in [0, 0.1) is 0 Å². The van der Waals surface area contributed by atoms with E-state index < -0.39 is 5.41 Å². The van der Waals surface area contributed by atoms with Gasteiger partial charge in [-0.3, -0.25) is 9.59 Å². The molecule has 2 N–H and O–H groups in total. The van der Waals surface area contributed by atoms with Gasteiger partial charge in [-0.2, -0.15) is 0 Å². The summed E-state index contributed by atoms with van der Waals surface area (Å²) < 4.78 is 0. The first-order valence-corrected chi connectivity index (χ1v) is 13.6. The Kier molecular flexibility index (Phi) is 11.7. The molecule has 0 aliphatic carbocycles. The van der Waals surface area contributed by atoms with E-state index in [9.17, 15) is 19.8 Å². The second-order valence-corrected chi connectivity index (χ2v) is 9.24. The van der Waals surface area contributed by atoms with Crippen LogP contribution in [0.5, 0.6) is 11.5 Å². The highest BCUT2D eigenvalue weighted by Gasteiger charge is 2.26. The highest BCUT2D eigenvalue weighted by Crippen LogP contribution is 2.36. The lowest BCUT2D eigenvalue weighted by Gasteiger charge is -2.27. The normalized spacial score (nSPS) is 10.4. The van der Waals surface area contributed by atoms with E-state index in [4.69, 9.17) is 0 Å². The number of Topliss-reactive ketones (excluding diaryl/α,β-unsaturated/α-hetero) is 2. The maximum atomic E-state index is 12.7. The molecule has 4 aromatic carbocycles. The van der Waals surface area contributed by atoms with E-state index in [0.29, 0.717) is 22.3 Å². The van der Waals surface area contributed by atoms with Crippen molar-refractivity contribution in [3.63, 3.8) is 0 Å². The Morgan fingerprint density at radius 1 is 0.564 bits per heavy atom. The number of aromatic hydroxyl groups is 2. The molecule has 4 heteroatoms. The lowest BCUT2D eigenvalue weighted by molar-refractivity contribution is 0.0984. The summed E-state index contributed by atoms with van der Waals surface area (Å²) >= 11 is 0. The second kappa shape index (κ2) is 14.7. The van der Waals surface area contributed by atoms with Gasteiger partial charge >= 0.3 is 0 Å². The lowest BCUT2D eigenvalue weighted by atomic mass is 9.76. The maximum absolute atomic E-state index is 12.7. The van der Waals surface area contributed by atoms with Gasteiger partial charge in [-0.25, -0.2) is 0 Å². The molecule has 204 valence electrons. The Labute approximate surface area is 233 Å². The van der Waals surface area contributed by atoms with Gasteiger partial charge in [0.05, 0.1) is 0 Å². The van der Waals surface area contributed by atoms with Crippen LogP contribution in [0.15, 0.2) is 97.1 Å². The molecule has 0 aromatic heterocycles. The summed E-state index contributed by atoms with van der Waals surface area (Å²) in [5.41, 5.74) is 3.64. The van der Waals surface area contributed by atoms with E-state index in [1.54, 1.807) is 36.4 Å². The monoisotopic (exact) mass is 524 g/mol. The third kappa shape index (κ3) is 7.90. The van der Waals surface area contributed by atoms with E-state index >= 15 is 0 Å². The molecule has 0 radical (unpaired) electrons. The Hall–Kier alpha value is -4.18. The zero-order valence-electron chi connectivity index (χ0n) is 23.9. The highest BCUT2D eigenvalue weighted by atomic mass is 16.3. The van der Waals surface area contributed by atoms with Crippen molar-refractivity contribution < 1.29 is 19.8 Å². The summed E-state index contributed by atoms with van der Waals surface area (Å²) in [7, 11) is 0. The molecule has 0 atom stereocenters. The van der Waals surface area contributed by atoms with E-state index in [1.807, 2.05) is 102 Å². The van der Waals surface area contributed by atoms with Crippen molar-refractivity contribution in [1.29, 1.82) is 0 Å². The van der Waals surface area contributed by atoms with Gasteiger partial charge in [0.2, 0.25) is 0 Å². The number of carbonyl (C=O) groups excluding carboxylic acids is 2. The average molecular weight is 525 g/mol. The number of hydrogen-bond donors (Lipinski definition) is 2. The molecule has 0 saturated carbocycles. The molecule has 4 aromatic rings. The quantitative estimate of drug-likeness (QED) is 0.227. The number of phenols is 2. The minimum absolute atomic E-state index is 0.0674. The van der Waals surface area contributed by atoms with Crippen molar-refractivity contribution in [3.05, 3.63) is 130 Å². The zero-order chi connectivity index (χ0) is 29.0. The Bertz CT molecular complexity index is 1250. The molecule has 0 fully saturated rings. The Morgan fingerprint density at radius 2 is 0.897 bits per heavy atom. The molecule has 39 heavy (non-hydrogen) atoms. The first-order valence-electron chi connectivity index (χ1n) is 13.6. The molecular formula is C35H40O4. The average Bonchev–Trinajstić information content (AvgIpc) is 2.98. The van der Waals surface area contributed by atoms with Gasteiger partial charge in [0.25, 0.3) is 0 Å². The van der Waals surface area contributed by atoms with Gasteiger partial charge in [0.1, 0.15) is 11.5 Å². The van der Waals surface area contributed by atoms with Crippen LogP contribution in [0.25, 0.3) is 0 Å². The SMILES string of the molecule is CC.CC.CC(C)(c1ccc(O)c(CC(=O)c2ccccc2)c1)c1ccc(O)c(CC(=O)c2ccccc2)c1. The molecule has 0 amide bonds. The van der Waals surface area contributed by atoms with Gasteiger partial charge in [0.15, 0.2) is 11.6 Å². The summed E-state index contributed by atoms with van der Waals surface area (Å²) in [6, 6.07) is 28.7. The summed E-state index contributed by atoms with van der Waals surface area (Å²) in [6.45, 7) is 12.1. The first-order chi connectivity index (χ1) is 18.8. The maximum Gasteiger partial charge on any atom is 0.167 e. The van der Waals surface area contributed by atoms with Crippen molar-refractivity contribution in [2.75, 3.05) is 0 Å². The number of benzene rings is 4. The summed E-state index contributed by atoms with van der Waals surface area (Å²) in [6.07, 6.45) is 0.179. The van der Waals surface area contributed by atoms with Gasteiger partial charge in [-0.1, -0.05) is 126 Å². The van der Waals surface area contributed by atoms with E-state index in [1.165, 1.54) is 0 Å². The standard InChI is InChI=1S/C31H28O4.2C2H6/c1-31(2,25-13-15-27(32)23(17-25)19-29(34)21-9-5-3-6-10-21)26-14-16-28(33)24(18-26)20-30(35)22-11-7-4-8-12-22;2*1-2/h3-18,32-33H,19-20H2,1-2H3;2*1-2H3.